The van der Waals surface area contributed by atoms with Gasteiger partial charge in [0.15, 0.2) is 0 Å². The van der Waals surface area contributed by atoms with Gasteiger partial charge in [0, 0.05) is 18.5 Å². The fourth-order valence-electron chi connectivity index (χ4n) is 3.11. The number of nitrogens with zero attached hydrogens (tertiary/aromatic N) is 1. The molecule has 0 aromatic heterocycles. The lowest BCUT2D eigenvalue weighted by Crippen LogP contribution is -2.37. The third kappa shape index (κ3) is 1.87. The highest BCUT2D eigenvalue weighted by molar-refractivity contribution is 6.27. The predicted molar refractivity (Wildman–Crippen MR) is 58.8 cm³/mol. The van der Waals surface area contributed by atoms with Crippen molar-refractivity contribution in [2.75, 3.05) is 25.6 Å². The van der Waals surface area contributed by atoms with Crippen molar-refractivity contribution in [2.45, 2.75) is 25.7 Å². The van der Waals surface area contributed by atoms with Crippen LogP contribution in [-0.4, -0.2) is 41.5 Å². The van der Waals surface area contributed by atoms with Crippen molar-refractivity contribution in [3.8, 4) is 0 Å². The maximum Gasteiger partial charge on any atom is 0.237 e. The minimum Gasteiger partial charge on any atom is -0.396 e. The maximum atomic E-state index is 11.5. The van der Waals surface area contributed by atoms with E-state index in [1.54, 1.807) is 0 Å². The third-order valence-electron chi connectivity index (χ3n) is 4.07. The van der Waals surface area contributed by atoms with Gasteiger partial charge < -0.3 is 10.0 Å². The van der Waals surface area contributed by atoms with E-state index in [2.05, 4.69) is 0 Å². The van der Waals surface area contributed by atoms with Gasteiger partial charge in [0.05, 0.1) is 6.61 Å². The third-order valence-corrected chi connectivity index (χ3v) is 4.30. The molecule has 1 saturated heterocycles. The zero-order valence-electron chi connectivity index (χ0n) is 8.91. The van der Waals surface area contributed by atoms with Crippen LogP contribution in [0.3, 0.4) is 0 Å². The minimum atomic E-state index is -0.0139. The fourth-order valence-corrected chi connectivity index (χ4v) is 3.28. The second-order valence-corrected chi connectivity index (χ2v) is 5.14. The lowest BCUT2D eigenvalue weighted by atomic mass is 9.69. The number of hydrogen-bond donors (Lipinski definition) is 1. The largest absolute Gasteiger partial charge is 0.396 e. The van der Waals surface area contributed by atoms with Gasteiger partial charge in [0.2, 0.25) is 5.91 Å². The molecular formula is C11H18ClNO2. The Bertz CT molecular complexity index is 259. The Kier molecular flexibility index (Phi) is 3.21. The summed E-state index contributed by atoms with van der Waals surface area (Å²) in [6, 6.07) is 0. The average Bonchev–Trinajstić information content (AvgIpc) is 2.67. The van der Waals surface area contributed by atoms with E-state index in [1.165, 1.54) is 12.8 Å². The van der Waals surface area contributed by atoms with Crippen molar-refractivity contribution in [3.63, 3.8) is 0 Å². The van der Waals surface area contributed by atoms with E-state index in [4.69, 9.17) is 11.6 Å². The van der Waals surface area contributed by atoms with Crippen LogP contribution in [0.1, 0.15) is 25.7 Å². The molecule has 1 amide bonds. The molecule has 0 bridgehead atoms. The highest BCUT2D eigenvalue weighted by atomic mass is 35.5. The number of aliphatic hydroxyl groups excluding tert-OH is 1. The van der Waals surface area contributed by atoms with E-state index in [1.807, 2.05) is 4.90 Å². The molecule has 4 heteroatoms. The molecule has 1 heterocycles. The molecule has 0 aromatic carbocycles. The number of aliphatic hydroxyl groups is 1. The second kappa shape index (κ2) is 4.30. The van der Waals surface area contributed by atoms with Crippen molar-refractivity contribution in [3.05, 3.63) is 0 Å². The average molecular weight is 232 g/mol. The van der Waals surface area contributed by atoms with Crippen molar-refractivity contribution < 1.29 is 9.90 Å². The molecule has 0 aromatic rings. The Hall–Kier alpha value is -0.280. The Balaban J connectivity index is 2.10. The summed E-state index contributed by atoms with van der Waals surface area (Å²) in [4.78, 5) is 13.4. The van der Waals surface area contributed by atoms with Gasteiger partial charge in [-0.2, -0.15) is 0 Å². The van der Waals surface area contributed by atoms with Crippen LogP contribution >= 0.6 is 11.6 Å². The Morgan fingerprint density at radius 2 is 2.33 bits per heavy atom. The number of fused-ring (bicyclic) bond motifs is 1. The van der Waals surface area contributed by atoms with Gasteiger partial charge in [-0.3, -0.25) is 4.79 Å². The van der Waals surface area contributed by atoms with E-state index in [0.29, 0.717) is 12.5 Å². The Morgan fingerprint density at radius 1 is 1.53 bits per heavy atom. The van der Waals surface area contributed by atoms with Gasteiger partial charge in [0.25, 0.3) is 0 Å². The lowest BCUT2D eigenvalue weighted by molar-refractivity contribution is -0.128. The molecule has 3 nitrogen and oxygen atoms in total. The zero-order valence-corrected chi connectivity index (χ0v) is 9.67. The molecule has 1 saturated carbocycles. The van der Waals surface area contributed by atoms with Crippen LogP contribution < -0.4 is 0 Å². The summed E-state index contributed by atoms with van der Waals surface area (Å²) in [6.07, 6.45) is 4.61. The number of carbonyl (C=O) groups excluding carboxylic acids is 1. The van der Waals surface area contributed by atoms with Gasteiger partial charge in [-0.25, -0.2) is 0 Å². The number of rotatable bonds is 2. The van der Waals surface area contributed by atoms with Gasteiger partial charge >= 0.3 is 0 Å². The fraction of sp³-hybridized carbons (Fsp3) is 0.909. The normalized spacial score (nSPS) is 35.3. The quantitative estimate of drug-likeness (QED) is 0.727. The topological polar surface area (TPSA) is 40.5 Å². The van der Waals surface area contributed by atoms with Crippen LogP contribution in [0.2, 0.25) is 0 Å². The first-order chi connectivity index (χ1) is 7.22. The molecule has 86 valence electrons. The zero-order chi connectivity index (χ0) is 10.9. The van der Waals surface area contributed by atoms with Crippen molar-refractivity contribution in [2.24, 2.45) is 11.3 Å². The molecule has 15 heavy (non-hydrogen) atoms. The summed E-state index contributed by atoms with van der Waals surface area (Å²) in [5.74, 6) is 0.566. The molecule has 1 aliphatic heterocycles. The number of amides is 1. The summed E-state index contributed by atoms with van der Waals surface area (Å²) < 4.78 is 0. The van der Waals surface area contributed by atoms with Crippen LogP contribution in [0.15, 0.2) is 0 Å². The predicted octanol–water partition coefficient (Wildman–Crippen LogP) is 1.24. The van der Waals surface area contributed by atoms with Crippen LogP contribution in [0, 0.1) is 11.3 Å². The number of halogens is 1. The van der Waals surface area contributed by atoms with Gasteiger partial charge in [0.1, 0.15) is 5.88 Å². The molecular weight excluding hydrogens is 214 g/mol. The molecule has 0 radical (unpaired) electrons. The summed E-state index contributed by atoms with van der Waals surface area (Å²) in [6.45, 7) is 1.72. The molecule has 0 spiro atoms. The second-order valence-electron chi connectivity index (χ2n) is 4.87. The molecule has 2 aliphatic rings. The minimum absolute atomic E-state index is 0.0129. The molecule has 0 unspecified atom stereocenters. The number of likely N-dealkylation sites (tertiary alicyclic amines) is 1. The number of hydrogen-bond acceptors (Lipinski definition) is 2. The smallest absolute Gasteiger partial charge is 0.237 e. The summed E-state index contributed by atoms with van der Waals surface area (Å²) in [5.41, 5.74) is -0.0139. The Labute approximate surface area is 95.4 Å². The lowest BCUT2D eigenvalue weighted by Gasteiger charge is -2.36. The molecule has 2 atom stereocenters. The van der Waals surface area contributed by atoms with Crippen LogP contribution in [0.25, 0.3) is 0 Å². The van der Waals surface area contributed by atoms with Crippen LogP contribution in [0.5, 0.6) is 0 Å². The van der Waals surface area contributed by atoms with E-state index in [9.17, 15) is 9.90 Å². The van der Waals surface area contributed by atoms with Gasteiger partial charge in [-0.15, -0.1) is 11.6 Å². The van der Waals surface area contributed by atoms with Crippen LogP contribution in [0.4, 0.5) is 0 Å². The highest BCUT2D eigenvalue weighted by Gasteiger charge is 2.48. The summed E-state index contributed by atoms with van der Waals surface area (Å²) in [5, 5.41) is 9.55. The molecule has 2 fully saturated rings. The first kappa shape index (κ1) is 11.2. The van der Waals surface area contributed by atoms with E-state index in [-0.39, 0.29) is 23.8 Å². The van der Waals surface area contributed by atoms with Crippen molar-refractivity contribution >= 4 is 17.5 Å². The molecule has 1 aliphatic carbocycles. The van der Waals surface area contributed by atoms with E-state index in [0.717, 1.165) is 19.4 Å². The first-order valence-electron chi connectivity index (χ1n) is 5.66. The molecule has 2 rings (SSSR count). The SMILES string of the molecule is O=C(CCl)N1C[C@H]2CCCC[C@]2(CO)C1. The summed E-state index contributed by atoms with van der Waals surface area (Å²) >= 11 is 5.56. The van der Waals surface area contributed by atoms with Crippen molar-refractivity contribution in [1.29, 1.82) is 0 Å². The molecule has 1 N–H and O–H groups in total. The first-order valence-corrected chi connectivity index (χ1v) is 6.20. The monoisotopic (exact) mass is 231 g/mol. The standard InChI is InChI=1S/C11H18ClNO2/c12-5-10(15)13-6-9-3-1-2-4-11(9,7-13)8-14/h9,14H,1-8H2/t9-,11-/m1/s1. The van der Waals surface area contributed by atoms with Gasteiger partial charge in [-0.05, 0) is 18.8 Å². The van der Waals surface area contributed by atoms with Crippen molar-refractivity contribution in [1.82, 2.24) is 4.90 Å². The maximum absolute atomic E-state index is 11.5. The number of alkyl halides is 1. The van der Waals surface area contributed by atoms with Crippen LogP contribution in [-0.2, 0) is 4.79 Å². The Morgan fingerprint density at radius 3 is 2.93 bits per heavy atom. The number of carbonyl (C=O) groups is 1. The van der Waals surface area contributed by atoms with Gasteiger partial charge in [-0.1, -0.05) is 12.8 Å². The summed E-state index contributed by atoms with van der Waals surface area (Å²) in [7, 11) is 0. The van der Waals surface area contributed by atoms with E-state index >= 15 is 0 Å². The highest BCUT2D eigenvalue weighted by Crippen LogP contribution is 2.46. The van der Waals surface area contributed by atoms with E-state index < -0.39 is 0 Å².